The number of rotatable bonds is 0. The first-order valence-corrected chi connectivity index (χ1v) is 3.46. The van der Waals surface area contributed by atoms with E-state index in [2.05, 4.69) is 14.9 Å². The van der Waals surface area contributed by atoms with Crippen LogP contribution < -0.4 is 0 Å². The molecular weight excluding hydrogens is 166 g/mol. The monoisotopic (exact) mass is 177 g/mol. The molecule has 1 aliphatic heterocycles. The summed E-state index contributed by atoms with van der Waals surface area (Å²) in [5.41, 5.74) is -0.553. The Labute approximate surface area is 69.7 Å². The number of hydrogen-bond donors (Lipinski definition) is 0. The fourth-order valence-electron chi connectivity index (χ4n) is 0.545. The summed E-state index contributed by atoms with van der Waals surface area (Å²) < 4.78 is 4.92. The maximum absolute atomic E-state index is 11.1. The summed E-state index contributed by atoms with van der Waals surface area (Å²) in [7, 11) is 0. The van der Waals surface area contributed by atoms with Crippen LogP contribution in [-0.4, -0.2) is 23.5 Å². The molecule has 0 aliphatic carbocycles. The number of nitrogens with zero attached hydrogens (tertiary/aromatic N) is 1. The Kier molecular flexibility index (Phi) is 2.51. The molecule has 0 saturated carbocycles. The fourth-order valence-corrected chi connectivity index (χ4v) is 0.545. The van der Waals surface area contributed by atoms with Crippen molar-refractivity contribution in [2.75, 3.05) is 6.73 Å². The van der Waals surface area contributed by atoms with E-state index in [9.17, 15) is 4.79 Å². The number of carbonyl (C=O) groups excluding carboxylic acids is 1. The summed E-state index contributed by atoms with van der Waals surface area (Å²) in [6.45, 7) is 5.17. The Hall–Kier alpha value is -0.850. The third-order valence-electron chi connectivity index (χ3n) is 0.936. The fraction of sp³-hybridized carbons (Fsp3) is 0.833. The molecule has 0 aromatic heterocycles. The van der Waals surface area contributed by atoms with Gasteiger partial charge in [-0.1, -0.05) is 4.99 Å². The van der Waals surface area contributed by atoms with E-state index in [0.717, 1.165) is 5.06 Å². The molecule has 0 spiro atoms. The first-order valence-electron chi connectivity index (χ1n) is 3.46. The Bertz CT molecular complexity index is 169. The SMILES string of the molecule is CC(C)(C)OC(=O)N1COOO1. The molecule has 0 aromatic carbocycles. The minimum atomic E-state index is -0.639. The summed E-state index contributed by atoms with van der Waals surface area (Å²) in [5, 5.41) is 4.84. The van der Waals surface area contributed by atoms with Crippen LogP contribution in [0.25, 0.3) is 0 Å². The minimum absolute atomic E-state index is 0.0884. The molecule has 1 fully saturated rings. The van der Waals surface area contributed by atoms with Crippen LogP contribution in [0.5, 0.6) is 0 Å². The molecule has 6 heteroatoms. The van der Waals surface area contributed by atoms with E-state index >= 15 is 0 Å². The second kappa shape index (κ2) is 3.26. The summed E-state index contributed by atoms with van der Waals surface area (Å²) in [5.74, 6) is 0. The number of carbonyl (C=O) groups is 1. The molecule has 0 bridgehead atoms. The maximum atomic E-state index is 11.1. The zero-order valence-corrected chi connectivity index (χ0v) is 7.20. The van der Waals surface area contributed by atoms with Gasteiger partial charge in [0, 0.05) is 0 Å². The van der Waals surface area contributed by atoms with Crippen molar-refractivity contribution in [2.24, 2.45) is 0 Å². The smallest absolute Gasteiger partial charge is 0.439 e. The molecular formula is C6H11NO5. The molecule has 0 N–H and O–H groups in total. The molecule has 0 unspecified atom stereocenters. The Morgan fingerprint density at radius 2 is 2.17 bits per heavy atom. The highest BCUT2D eigenvalue weighted by atomic mass is 17.6. The number of hydroxylamine groups is 2. The zero-order chi connectivity index (χ0) is 9.19. The third-order valence-corrected chi connectivity index (χ3v) is 0.936. The lowest BCUT2D eigenvalue weighted by Gasteiger charge is -2.20. The summed E-state index contributed by atoms with van der Waals surface area (Å²) in [6.07, 6.45) is -0.639. The van der Waals surface area contributed by atoms with Gasteiger partial charge in [-0.15, -0.1) is 5.06 Å². The Morgan fingerprint density at radius 1 is 1.50 bits per heavy atom. The van der Waals surface area contributed by atoms with Crippen molar-refractivity contribution in [1.29, 1.82) is 0 Å². The largest absolute Gasteiger partial charge is 0.442 e. The van der Waals surface area contributed by atoms with E-state index < -0.39 is 11.7 Å². The molecule has 12 heavy (non-hydrogen) atoms. The van der Waals surface area contributed by atoms with Crippen molar-refractivity contribution in [3.8, 4) is 0 Å². The Morgan fingerprint density at radius 3 is 2.58 bits per heavy atom. The van der Waals surface area contributed by atoms with Gasteiger partial charge in [-0.05, 0) is 25.8 Å². The standard InChI is InChI=1S/C6H11NO5/c1-6(2,3)10-5(8)7-4-9-12-11-7/h4H2,1-3H3. The second-order valence-corrected chi connectivity index (χ2v) is 3.25. The van der Waals surface area contributed by atoms with Crippen LogP contribution in [0.3, 0.4) is 0 Å². The highest BCUT2D eigenvalue weighted by molar-refractivity contribution is 5.66. The van der Waals surface area contributed by atoms with Crippen LogP contribution in [0.4, 0.5) is 4.79 Å². The van der Waals surface area contributed by atoms with Gasteiger partial charge in [-0.2, -0.15) is 4.89 Å². The maximum Gasteiger partial charge on any atom is 0.439 e. The van der Waals surface area contributed by atoms with E-state index in [0.29, 0.717) is 0 Å². The van der Waals surface area contributed by atoms with E-state index in [4.69, 9.17) is 4.74 Å². The van der Waals surface area contributed by atoms with Crippen LogP contribution in [0.2, 0.25) is 0 Å². The van der Waals surface area contributed by atoms with Crippen LogP contribution in [0.1, 0.15) is 20.8 Å². The van der Waals surface area contributed by atoms with Gasteiger partial charge < -0.3 is 4.74 Å². The van der Waals surface area contributed by atoms with Gasteiger partial charge in [-0.25, -0.2) is 4.79 Å². The zero-order valence-electron chi connectivity index (χ0n) is 7.20. The normalized spacial score (nSPS) is 18.1. The van der Waals surface area contributed by atoms with Crippen LogP contribution in [0, 0.1) is 0 Å². The number of ether oxygens (including phenoxy) is 1. The predicted molar refractivity (Wildman–Crippen MR) is 36.2 cm³/mol. The Balaban J connectivity index is 2.37. The predicted octanol–water partition coefficient (Wildman–Crippen LogP) is 0.989. The summed E-state index contributed by atoms with van der Waals surface area (Å²) in [4.78, 5) is 19.7. The molecule has 1 heterocycles. The van der Waals surface area contributed by atoms with Crippen molar-refractivity contribution in [1.82, 2.24) is 5.06 Å². The van der Waals surface area contributed by atoms with Crippen LogP contribution in [-0.2, 0) is 19.7 Å². The van der Waals surface area contributed by atoms with Gasteiger partial charge in [0.05, 0.1) is 0 Å². The molecule has 6 nitrogen and oxygen atoms in total. The molecule has 0 atom stereocenters. The third kappa shape index (κ3) is 2.65. The van der Waals surface area contributed by atoms with Gasteiger partial charge in [0.25, 0.3) is 0 Å². The lowest BCUT2D eigenvalue weighted by molar-refractivity contribution is -0.487. The van der Waals surface area contributed by atoms with Gasteiger partial charge >= 0.3 is 6.09 Å². The van der Waals surface area contributed by atoms with E-state index in [1.165, 1.54) is 0 Å². The lowest BCUT2D eigenvalue weighted by Crippen LogP contribution is -2.34. The first kappa shape index (κ1) is 9.24. The average Bonchev–Trinajstić information content (AvgIpc) is 2.32. The molecule has 1 aliphatic rings. The highest BCUT2D eigenvalue weighted by Gasteiger charge is 2.27. The molecule has 1 rings (SSSR count). The molecule has 70 valence electrons. The summed E-state index contributed by atoms with van der Waals surface area (Å²) in [6, 6.07) is 0. The van der Waals surface area contributed by atoms with Crippen molar-refractivity contribution < 1.29 is 24.4 Å². The van der Waals surface area contributed by atoms with E-state index in [1.807, 2.05) is 0 Å². The van der Waals surface area contributed by atoms with Crippen LogP contribution in [0.15, 0.2) is 0 Å². The van der Waals surface area contributed by atoms with E-state index in [1.54, 1.807) is 20.8 Å². The van der Waals surface area contributed by atoms with Gasteiger partial charge in [0.2, 0.25) is 0 Å². The molecule has 1 saturated heterocycles. The number of hydrogen-bond acceptors (Lipinski definition) is 5. The van der Waals surface area contributed by atoms with Crippen molar-refractivity contribution in [3.63, 3.8) is 0 Å². The summed E-state index contributed by atoms with van der Waals surface area (Å²) >= 11 is 0. The first-order chi connectivity index (χ1) is 5.49. The molecule has 0 aromatic rings. The second-order valence-electron chi connectivity index (χ2n) is 3.25. The average molecular weight is 177 g/mol. The minimum Gasteiger partial charge on any atom is -0.442 e. The van der Waals surface area contributed by atoms with Gasteiger partial charge in [0.15, 0.2) is 6.73 Å². The van der Waals surface area contributed by atoms with E-state index in [-0.39, 0.29) is 6.73 Å². The van der Waals surface area contributed by atoms with Crippen molar-refractivity contribution in [2.45, 2.75) is 26.4 Å². The van der Waals surface area contributed by atoms with Crippen LogP contribution >= 0.6 is 0 Å². The molecule has 0 radical (unpaired) electrons. The van der Waals surface area contributed by atoms with Gasteiger partial charge in [0.1, 0.15) is 5.60 Å². The van der Waals surface area contributed by atoms with Gasteiger partial charge in [-0.3, -0.25) is 0 Å². The highest BCUT2D eigenvalue weighted by Crippen LogP contribution is 2.12. The lowest BCUT2D eigenvalue weighted by atomic mass is 10.2. The quantitative estimate of drug-likeness (QED) is 0.516. The number of amides is 1. The van der Waals surface area contributed by atoms with Crippen molar-refractivity contribution in [3.05, 3.63) is 0 Å². The topological polar surface area (TPSA) is 57.2 Å². The molecule has 1 amide bonds. The van der Waals surface area contributed by atoms with Crippen molar-refractivity contribution >= 4 is 6.09 Å².